The predicted octanol–water partition coefficient (Wildman–Crippen LogP) is 8.12. The molecule has 1 aliphatic carbocycles. The topological polar surface area (TPSA) is 135 Å². The van der Waals surface area contributed by atoms with Gasteiger partial charge in [0, 0.05) is 71.1 Å². The van der Waals surface area contributed by atoms with Crippen LogP contribution in [0, 0.1) is 0 Å². The van der Waals surface area contributed by atoms with Crippen LogP contribution in [0.3, 0.4) is 0 Å². The molecule has 2 N–H and O–H groups in total. The number of rotatable bonds is 9. The maximum absolute atomic E-state index is 13.5. The van der Waals surface area contributed by atoms with Gasteiger partial charge in [-0.25, -0.2) is 9.37 Å². The standard InChI is InChI=1S/C38H40N6O4/c1-21(2)30-15-23(16-31(22(3)4)36(30)41-42-39)20-40-37(45)24-9-12-27(32(17-24)38(46)47)35-28-13-10-25(43(5)6)18-33(28)48-34-19-26(44(7)8)11-14-29(34)35/h9-19,21-22H,20H2,1-8H3,(H-,40,45,46,47)/p+1. The van der Waals surface area contributed by atoms with Gasteiger partial charge in [0.2, 0.25) is 5.36 Å². The van der Waals surface area contributed by atoms with Crippen molar-refractivity contribution in [2.45, 2.75) is 46.1 Å². The van der Waals surface area contributed by atoms with Crippen LogP contribution in [0.5, 0.6) is 0 Å². The van der Waals surface area contributed by atoms with Crippen molar-refractivity contribution >= 4 is 34.2 Å². The Bertz CT molecular complexity index is 2120. The van der Waals surface area contributed by atoms with Crippen molar-refractivity contribution in [1.29, 1.82) is 0 Å². The molecule has 0 radical (unpaired) electrons. The Balaban J connectivity index is 1.59. The molecule has 0 saturated heterocycles. The summed E-state index contributed by atoms with van der Waals surface area (Å²) >= 11 is 0. The van der Waals surface area contributed by atoms with Gasteiger partial charge in [0.15, 0.2) is 0 Å². The number of aromatic carboxylic acids is 1. The van der Waals surface area contributed by atoms with Crippen LogP contribution in [0.2, 0.25) is 0 Å². The lowest BCUT2D eigenvalue weighted by Gasteiger charge is -2.19. The molecule has 2 aliphatic rings. The molecule has 1 aliphatic heterocycles. The molecule has 5 rings (SSSR count). The molecule has 246 valence electrons. The molecule has 48 heavy (non-hydrogen) atoms. The summed E-state index contributed by atoms with van der Waals surface area (Å²) in [5.74, 6) is -0.721. The minimum absolute atomic E-state index is 0.00716. The zero-order chi connectivity index (χ0) is 34.9. The fourth-order valence-electron chi connectivity index (χ4n) is 5.97. The van der Waals surface area contributed by atoms with Crippen LogP contribution >= 0.6 is 0 Å². The third-order valence-electron chi connectivity index (χ3n) is 8.57. The van der Waals surface area contributed by atoms with E-state index in [-0.39, 0.29) is 29.5 Å². The number of anilines is 1. The van der Waals surface area contributed by atoms with E-state index >= 15 is 0 Å². The van der Waals surface area contributed by atoms with Crippen LogP contribution in [-0.4, -0.2) is 45.2 Å². The number of carboxylic acids is 1. The number of fused-ring (bicyclic) bond motifs is 2. The average molecular weight is 646 g/mol. The molecule has 1 amide bonds. The van der Waals surface area contributed by atoms with Crippen LogP contribution in [0.4, 0.5) is 11.4 Å². The molecule has 0 unspecified atom stereocenters. The van der Waals surface area contributed by atoms with Gasteiger partial charge in [-0.1, -0.05) is 51.0 Å². The predicted molar refractivity (Wildman–Crippen MR) is 191 cm³/mol. The Kier molecular flexibility index (Phi) is 9.59. The zero-order valence-electron chi connectivity index (χ0n) is 28.6. The van der Waals surface area contributed by atoms with Gasteiger partial charge >= 0.3 is 5.97 Å². The highest BCUT2D eigenvalue weighted by Crippen LogP contribution is 2.42. The first-order valence-corrected chi connectivity index (χ1v) is 15.9. The number of nitrogens with one attached hydrogen (secondary N) is 1. The molecule has 0 spiro atoms. The van der Waals surface area contributed by atoms with Crippen molar-refractivity contribution in [2.75, 3.05) is 33.1 Å². The fraction of sp³-hybridized carbons (Fsp3) is 0.289. The molecule has 0 aromatic heterocycles. The van der Waals surface area contributed by atoms with E-state index in [1.54, 1.807) is 12.1 Å². The van der Waals surface area contributed by atoms with Crippen LogP contribution < -0.4 is 20.1 Å². The van der Waals surface area contributed by atoms with Gasteiger partial charge in [-0.15, -0.1) is 0 Å². The van der Waals surface area contributed by atoms with Crippen molar-refractivity contribution in [3.63, 3.8) is 0 Å². The summed E-state index contributed by atoms with van der Waals surface area (Å²) in [6.45, 7) is 8.34. The number of carbonyl (C=O) groups excluding carboxylic acids is 1. The second-order valence-corrected chi connectivity index (χ2v) is 13.0. The molecule has 3 aromatic rings. The normalized spacial score (nSPS) is 11.2. The van der Waals surface area contributed by atoms with Crippen LogP contribution in [0.15, 0.2) is 76.3 Å². The van der Waals surface area contributed by atoms with Crippen molar-refractivity contribution in [2.24, 2.45) is 5.11 Å². The molecular formula is C38H41N6O4+. The molecule has 1 heterocycles. The molecular weight excluding hydrogens is 604 g/mol. The molecule has 10 nitrogen and oxygen atoms in total. The number of carbonyl (C=O) groups is 2. The van der Waals surface area contributed by atoms with E-state index in [0.29, 0.717) is 28.2 Å². The summed E-state index contributed by atoms with van der Waals surface area (Å²) in [4.78, 5) is 31.3. The Hall–Kier alpha value is -5.60. The van der Waals surface area contributed by atoms with Gasteiger partial charge in [0.05, 0.1) is 11.6 Å². The fourth-order valence-corrected chi connectivity index (χ4v) is 5.97. The summed E-state index contributed by atoms with van der Waals surface area (Å²) in [7, 11) is 7.80. The van der Waals surface area contributed by atoms with Crippen LogP contribution in [0.25, 0.3) is 43.9 Å². The van der Waals surface area contributed by atoms with Crippen molar-refractivity contribution in [1.82, 2.24) is 9.89 Å². The number of nitrogens with zero attached hydrogens (tertiary/aromatic N) is 5. The monoisotopic (exact) mass is 645 g/mol. The lowest BCUT2D eigenvalue weighted by atomic mass is 9.89. The Morgan fingerprint density at radius 3 is 2.19 bits per heavy atom. The Morgan fingerprint density at radius 2 is 1.60 bits per heavy atom. The molecule has 0 saturated carbocycles. The number of hydrogen-bond acceptors (Lipinski definition) is 5. The van der Waals surface area contributed by atoms with E-state index in [1.807, 2.05) is 114 Å². The van der Waals surface area contributed by atoms with E-state index in [9.17, 15) is 20.2 Å². The SMILES string of the molecule is CC(C)c1cc(CNC(=O)c2ccc(-c3c4ccc(=[N+](C)C)cc-4oc4cc(N(C)C)ccc34)c(C(=O)O)c2)cc(C(C)C)c1N=[N+]=[N-]. The summed E-state index contributed by atoms with van der Waals surface area (Å²) in [6.07, 6.45) is 0. The number of carboxylic acid groups (broad SMARTS) is 1. The van der Waals surface area contributed by atoms with E-state index < -0.39 is 11.9 Å². The van der Waals surface area contributed by atoms with Crippen molar-refractivity contribution in [3.8, 4) is 22.5 Å². The highest BCUT2D eigenvalue weighted by molar-refractivity contribution is 6.09. The van der Waals surface area contributed by atoms with E-state index in [1.165, 1.54) is 6.07 Å². The number of benzene rings is 4. The highest BCUT2D eigenvalue weighted by atomic mass is 16.4. The summed E-state index contributed by atoms with van der Waals surface area (Å²) in [5, 5.41) is 19.1. The maximum Gasteiger partial charge on any atom is 0.336 e. The molecule has 0 fully saturated rings. The third kappa shape index (κ3) is 6.61. The first-order chi connectivity index (χ1) is 22.8. The zero-order valence-corrected chi connectivity index (χ0v) is 28.6. The van der Waals surface area contributed by atoms with Gasteiger partial charge in [-0.2, -0.15) is 0 Å². The van der Waals surface area contributed by atoms with E-state index in [4.69, 9.17) is 4.42 Å². The maximum atomic E-state index is 13.5. The largest absolute Gasteiger partial charge is 0.478 e. The van der Waals surface area contributed by atoms with Gasteiger partial charge < -0.3 is 19.7 Å². The van der Waals surface area contributed by atoms with Gasteiger partial charge in [0.1, 0.15) is 25.4 Å². The molecule has 0 bridgehead atoms. The van der Waals surface area contributed by atoms with Gasteiger partial charge in [0.25, 0.3) is 5.91 Å². The third-order valence-corrected chi connectivity index (χ3v) is 8.57. The Labute approximate surface area is 279 Å². The lowest BCUT2D eigenvalue weighted by Crippen LogP contribution is -2.23. The minimum Gasteiger partial charge on any atom is -0.478 e. The summed E-state index contributed by atoms with van der Waals surface area (Å²) in [5.41, 5.74) is 16.2. The van der Waals surface area contributed by atoms with E-state index in [2.05, 4.69) is 15.3 Å². The van der Waals surface area contributed by atoms with Crippen LogP contribution in [0.1, 0.15) is 76.9 Å². The molecule has 3 aromatic carbocycles. The van der Waals surface area contributed by atoms with Gasteiger partial charge in [-0.05, 0) is 70.0 Å². The van der Waals surface area contributed by atoms with Gasteiger partial charge in [-0.3, -0.25) is 4.79 Å². The summed E-state index contributed by atoms with van der Waals surface area (Å²) < 4.78 is 8.38. The van der Waals surface area contributed by atoms with Crippen LogP contribution in [-0.2, 0) is 6.54 Å². The highest BCUT2D eigenvalue weighted by Gasteiger charge is 2.24. The van der Waals surface area contributed by atoms with Crippen molar-refractivity contribution < 1.29 is 19.1 Å². The van der Waals surface area contributed by atoms with Crippen molar-refractivity contribution in [3.05, 3.63) is 110 Å². The molecule has 10 heteroatoms. The average Bonchev–Trinajstić information content (AvgIpc) is 3.05. The summed E-state index contributed by atoms with van der Waals surface area (Å²) in [6, 6.07) is 20.4. The minimum atomic E-state index is -1.15. The van der Waals surface area contributed by atoms with E-state index in [0.717, 1.165) is 38.7 Å². The second-order valence-electron chi connectivity index (χ2n) is 13.0. The quantitative estimate of drug-likeness (QED) is 0.0549. The number of amides is 1. The number of hydrogen-bond donors (Lipinski definition) is 2. The first kappa shape index (κ1) is 33.8. The lowest BCUT2D eigenvalue weighted by molar-refractivity contribution is 0.0697. The smallest absolute Gasteiger partial charge is 0.336 e. The second kappa shape index (κ2) is 13.6. The first-order valence-electron chi connectivity index (χ1n) is 15.9. The number of azide groups is 1. The Morgan fingerprint density at radius 1 is 0.938 bits per heavy atom. The molecule has 0 atom stereocenters.